The molecule has 2 N–H and O–H groups in total. The summed E-state index contributed by atoms with van der Waals surface area (Å²) in [6.07, 6.45) is -5.20. The van der Waals surface area contributed by atoms with Crippen molar-refractivity contribution in [2.45, 2.75) is 52.3 Å². The number of hydrazine groups is 1. The van der Waals surface area contributed by atoms with Gasteiger partial charge in [-0.25, -0.2) is 19.5 Å². The molecule has 0 fully saturated rings. The largest absolute Gasteiger partial charge is 0.460 e. The van der Waals surface area contributed by atoms with Gasteiger partial charge in [0.25, 0.3) is 11.8 Å². The summed E-state index contributed by atoms with van der Waals surface area (Å²) in [5.74, 6) is -14.1. The third-order valence-corrected chi connectivity index (χ3v) is 6.93. The van der Waals surface area contributed by atoms with Crippen molar-refractivity contribution in [1.82, 2.24) is 30.3 Å². The standard InChI is InChI=1S/C29H29ClF7N9O4/c1-7-39-45(41-17(4)27(31,32)28(33,34)29(35,36)37)14-18-13-21(46(42-18)23-20(30)9-8-10-38-23)25(48)40-22-16(3)11-15(2)12-19(22)24(47)43-44(5)26(49)50-6/h7-13H,14H2,1-6H3,(H,40,48)(H,43,47). The van der Waals surface area contributed by atoms with E-state index in [4.69, 9.17) is 11.6 Å². The second-order valence-corrected chi connectivity index (χ2v) is 10.8. The number of hydrogen-bond donors (Lipinski definition) is 2. The van der Waals surface area contributed by atoms with Gasteiger partial charge in [0.15, 0.2) is 5.82 Å². The van der Waals surface area contributed by atoms with Crippen molar-refractivity contribution < 1.29 is 49.9 Å². The highest BCUT2D eigenvalue weighted by atomic mass is 35.5. The number of pyridine rings is 1. The van der Waals surface area contributed by atoms with Crippen molar-refractivity contribution in [3.05, 3.63) is 69.6 Å². The van der Waals surface area contributed by atoms with E-state index in [-0.39, 0.29) is 40.4 Å². The topological polar surface area (TPSA) is 146 Å². The van der Waals surface area contributed by atoms with Gasteiger partial charge >= 0.3 is 24.1 Å². The number of amides is 3. The fourth-order valence-corrected chi connectivity index (χ4v) is 4.47. The van der Waals surface area contributed by atoms with Crippen molar-refractivity contribution in [3.8, 4) is 5.82 Å². The molecular weight excluding hydrogens is 707 g/mol. The number of hydrogen-bond acceptors (Lipinski definition) is 9. The van der Waals surface area contributed by atoms with Gasteiger partial charge in [-0.3, -0.25) is 15.0 Å². The lowest BCUT2D eigenvalue weighted by Gasteiger charge is -2.28. The number of alkyl halides is 7. The normalized spacial score (nSPS) is 12.6. The monoisotopic (exact) mass is 735 g/mol. The van der Waals surface area contributed by atoms with Gasteiger partial charge in [0.05, 0.1) is 29.1 Å². The molecule has 0 saturated carbocycles. The van der Waals surface area contributed by atoms with E-state index < -0.39 is 48.2 Å². The van der Waals surface area contributed by atoms with Gasteiger partial charge < -0.3 is 10.1 Å². The Hall–Kier alpha value is -5.27. The third kappa shape index (κ3) is 8.29. The highest BCUT2D eigenvalue weighted by Gasteiger charge is 2.74. The van der Waals surface area contributed by atoms with Crippen LogP contribution in [0.5, 0.6) is 0 Å². The smallest absolute Gasteiger partial charge is 0.452 e. The number of methoxy groups -OCH3 is 1. The molecule has 13 nitrogen and oxygen atoms in total. The number of halogens is 8. The van der Waals surface area contributed by atoms with E-state index in [2.05, 4.69) is 35.8 Å². The molecule has 0 aliphatic carbocycles. The van der Waals surface area contributed by atoms with Crippen LogP contribution in [0.3, 0.4) is 0 Å². The molecule has 0 bridgehead atoms. The van der Waals surface area contributed by atoms with E-state index in [1.807, 2.05) is 0 Å². The van der Waals surface area contributed by atoms with E-state index >= 15 is 0 Å². The van der Waals surface area contributed by atoms with E-state index in [1.54, 1.807) is 19.9 Å². The molecule has 0 saturated heterocycles. The van der Waals surface area contributed by atoms with Crippen LogP contribution in [0.2, 0.25) is 5.02 Å². The van der Waals surface area contributed by atoms with Gasteiger partial charge in [0.2, 0.25) is 0 Å². The predicted molar refractivity (Wildman–Crippen MR) is 167 cm³/mol. The van der Waals surface area contributed by atoms with Crippen LogP contribution in [0.1, 0.15) is 51.5 Å². The maximum Gasteiger partial charge on any atom is 0.460 e. The Labute approximate surface area is 284 Å². The number of anilines is 1. The van der Waals surface area contributed by atoms with Crippen LogP contribution in [0.4, 0.5) is 41.2 Å². The van der Waals surface area contributed by atoms with Gasteiger partial charge in [0.1, 0.15) is 18.0 Å². The molecule has 0 atom stereocenters. The average molecular weight is 736 g/mol. The summed E-state index contributed by atoms with van der Waals surface area (Å²) in [4.78, 5) is 42.9. The SMILES string of the molecule is CC=NN(Cc1cc(C(=O)Nc2c(C)cc(C)cc2C(=O)NN(C)C(=O)OC)n(-c2ncccc2Cl)n1)N=C(C)C(F)(F)C(F)(F)C(F)(F)F. The summed E-state index contributed by atoms with van der Waals surface area (Å²) in [5, 5.41) is 14.8. The van der Waals surface area contributed by atoms with Crippen molar-refractivity contribution in [1.29, 1.82) is 0 Å². The van der Waals surface area contributed by atoms with Crippen molar-refractivity contribution in [3.63, 3.8) is 0 Å². The second-order valence-electron chi connectivity index (χ2n) is 10.4. The van der Waals surface area contributed by atoms with E-state index in [0.717, 1.165) is 29.1 Å². The number of carbonyl (C=O) groups is 3. The van der Waals surface area contributed by atoms with Gasteiger partial charge in [-0.2, -0.15) is 51.2 Å². The minimum atomic E-state index is -6.59. The number of carbonyl (C=O) groups excluding carboxylic acids is 3. The van der Waals surface area contributed by atoms with Crippen LogP contribution in [0, 0.1) is 13.8 Å². The van der Waals surface area contributed by atoms with E-state index in [9.17, 15) is 45.1 Å². The summed E-state index contributed by atoms with van der Waals surface area (Å²) in [6.45, 7) is 4.08. The molecule has 0 unspecified atom stereocenters. The molecule has 21 heteroatoms. The summed E-state index contributed by atoms with van der Waals surface area (Å²) < 4.78 is 99.8. The quantitative estimate of drug-likeness (QED) is 0.144. The minimum Gasteiger partial charge on any atom is -0.452 e. The predicted octanol–water partition coefficient (Wildman–Crippen LogP) is 6.15. The lowest BCUT2D eigenvalue weighted by Crippen LogP contribution is -2.55. The molecular formula is C29H29ClF7N9O4. The molecule has 3 amide bonds. The van der Waals surface area contributed by atoms with Crippen LogP contribution in [-0.2, 0) is 11.3 Å². The molecule has 1 aromatic carbocycles. The molecule has 0 spiro atoms. The van der Waals surface area contributed by atoms with Gasteiger partial charge in [-0.1, -0.05) is 17.7 Å². The number of benzene rings is 1. The molecule has 270 valence electrons. The zero-order valence-corrected chi connectivity index (χ0v) is 27.8. The molecule has 0 aliphatic heterocycles. The number of nitrogens with zero attached hydrogens (tertiary/aromatic N) is 7. The Morgan fingerprint density at radius 1 is 1.08 bits per heavy atom. The van der Waals surface area contributed by atoms with Crippen molar-refractivity contribution in [2.24, 2.45) is 10.2 Å². The zero-order chi connectivity index (χ0) is 37.8. The number of aryl methyl sites for hydroxylation is 2. The average Bonchev–Trinajstić information content (AvgIpc) is 3.44. The van der Waals surface area contributed by atoms with Crippen LogP contribution in [0.25, 0.3) is 5.82 Å². The Kier molecular flexibility index (Phi) is 11.8. The van der Waals surface area contributed by atoms with Gasteiger partial charge in [-0.05, 0) is 63.1 Å². The highest BCUT2D eigenvalue weighted by Crippen LogP contribution is 2.47. The van der Waals surface area contributed by atoms with Crippen molar-refractivity contribution >= 4 is 47.1 Å². The molecule has 2 aromatic heterocycles. The zero-order valence-electron chi connectivity index (χ0n) is 27.0. The fourth-order valence-electron chi connectivity index (χ4n) is 4.27. The Morgan fingerprint density at radius 2 is 1.74 bits per heavy atom. The molecule has 50 heavy (non-hydrogen) atoms. The van der Waals surface area contributed by atoms with Crippen LogP contribution >= 0.6 is 11.6 Å². The first kappa shape index (κ1) is 39.2. The summed E-state index contributed by atoms with van der Waals surface area (Å²) in [5.41, 5.74) is 0.846. The lowest BCUT2D eigenvalue weighted by atomic mass is 10.0. The summed E-state index contributed by atoms with van der Waals surface area (Å²) in [6, 6.07) is 7.05. The highest BCUT2D eigenvalue weighted by molar-refractivity contribution is 6.32. The molecule has 3 rings (SSSR count). The van der Waals surface area contributed by atoms with E-state index in [0.29, 0.717) is 16.2 Å². The maximum atomic E-state index is 14.3. The number of rotatable bonds is 10. The van der Waals surface area contributed by atoms with E-state index in [1.165, 1.54) is 38.4 Å². The number of nitrogens with one attached hydrogen (secondary N) is 2. The fraction of sp³-hybridized carbons (Fsp3) is 0.345. The van der Waals surface area contributed by atoms with Gasteiger partial charge in [-0.15, -0.1) is 0 Å². The second kappa shape index (κ2) is 15.1. The van der Waals surface area contributed by atoms with Crippen LogP contribution in [-0.4, -0.2) is 86.9 Å². The van der Waals surface area contributed by atoms with Crippen molar-refractivity contribution in [2.75, 3.05) is 19.5 Å². The molecule has 2 heterocycles. The first-order chi connectivity index (χ1) is 23.2. The van der Waals surface area contributed by atoms with Crippen LogP contribution in [0.15, 0.2) is 46.7 Å². The summed E-state index contributed by atoms with van der Waals surface area (Å²) in [7, 11) is 2.32. The summed E-state index contributed by atoms with van der Waals surface area (Å²) >= 11 is 6.30. The Morgan fingerprint density at radius 3 is 2.32 bits per heavy atom. The third-order valence-electron chi connectivity index (χ3n) is 6.64. The van der Waals surface area contributed by atoms with Crippen LogP contribution < -0.4 is 10.7 Å². The Bertz CT molecular complexity index is 1830. The maximum absolute atomic E-state index is 14.3. The minimum absolute atomic E-state index is 0.00282. The molecule has 0 radical (unpaired) electrons. The first-order valence-corrected chi connectivity index (χ1v) is 14.4. The number of aromatic nitrogens is 3. The lowest BCUT2D eigenvalue weighted by molar-refractivity contribution is -0.336. The number of hydrazone groups is 2. The first-order valence-electron chi connectivity index (χ1n) is 14.0. The van der Waals surface area contributed by atoms with Gasteiger partial charge in [0, 0.05) is 19.5 Å². The Balaban J connectivity index is 2.09. The number of ether oxygens (including phenoxy) is 1. The molecule has 0 aliphatic rings. The molecule has 3 aromatic rings.